The zero-order valence-corrected chi connectivity index (χ0v) is 13.3. The van der Waals surface area contributed by atoms with Gasteiger partial charge in [0.15, 0.2) is 0 Å². The summed E-state index contributed by atoms with van der Waals surface area (Å²) in [6.07, 6.45) is 1.40. The van der Waals surface area contributed by atoms with Gasteiger partial charge in [-0.1, -0.05) is 0 Å². The smallest absolute Gasteiger partial charge is 0.301 e. The Hall–Kier alpha value is -3.69. The van der Waals surface area contributed by atoms with Crippen LogP contribution < -0.4 is 14.9 Å². The maximum Gasteiger partial charge on any atom is 0.301 e. The highest BCUT2D eigenvalue weighted by Gasteiger charge is 2.19. The van der Waals surface area contributed by atoms with Crippen LogP contribution in [-0.4, -0.2) is 30.3 Å². The molecular weight excluding hydrogens is 332 g/mol. The standard InChI is InChI=1S/C15H14N4O6/c1-24-12-4-6-15(25-2)10(7-12)9-16-17-13-5-3-11(18(20)21)8-14(13)19(22)23/h3-9,17H,1-2H3. The summed E-state index contributed by atoms with van der Waals surface area (Å²) in [7, 11) is 3.01. The normalized spacial score (nSPS) is 10.5. The van der Waals surface area contributed by atoms with Crippen LogP contribution in [0.5, 0.6) is 11.5 Å². The fourth-order valence-corrected chi connectivity index (χ4v) is 1.99. The van der Waals surface area contributed by atoms with Gasteiger partial charge in [0.25, 0.3) is 5.69 Å². The zero-order valence-electron chi connectivity index (χ0n) is 13.3. The topological polar surface area (TPSA) is 129 Å². The minimum Gasteiger partial charge on any atom is -0.497 e. The monoisotopic (exact) mass is 346 g/mol. The van der Waals surface area contributed by atoms with Crippen LogP contribution in [0.3, 0.4) is 0 Å². The molecule has 0 aromatic heterocycles. The van der Waals surface area contributed by atoms with Crippen LogP contribution in [0.4, 0.5) is 17.1 Å². The molecule has 0 aliphatic carbocycles. The van der Waals surface area contributed by atoms with E-state index in [4.69, 9.17) is 9.47 Å². The summed E-state index contributed by atoms with van der Waals surface area (Å²) in [5.74, 6) is 1.12. The fraction of sp³-hybridized carbons (Fsp3) is 0.133. The lowest BCUT2D eigenvalue weighted by atomic mass is 10.2. The molecule has 10 nitrogen and oxygen atoms in total. The van der Waals surface area contributed by atoms with E-state index in [1.54, 1.807) is 18.2 Å². The lowest BCUT2D eigenvalue weighted by Crippen LogP contribution is -1.99. The molecule has 2 rings (SSSR count). The van der Waals surface area contributed by atoms with Crippen LogP contribution in [0.15, 0.2) is 41.5 Å². The van der Waals surface area contributed by atoms with Gasteiger partial charge in [0.1, 0.15) is 17.2 Å². The molecule has 0 bridgehead atoms. The Kier molecular flexibility index (Phi) is 5.46. The van der Waals surface area contributed by atoms with Gasteiger partial charge in [0.05, 0.1) is 36.3 Å². The first-order valence-corrected chi connectivity index (χ1v) is 6.90. The van der Waals surface area contributed by atoms with Gasteiger partial charge >= 0.3 is 5.69 Å². The Morgan fingerprint density at radius 3 is 2.40 bits per heavy atom. The van der Waals surface area contributed by atoms with Gasteiger partial charge in [0, 0.05) is 11.6 Å². The van der Waals surface area contributed by atoms with Crippen molar-refractivity contribution in [3.05, 3.63) is 62.2 Å². The average molecular weight is 346 g/mol. The number of nitrogens with one attached hydrogen (secondary N) is 1. The molecule has 0 unspecified atom stereocenters. The molecule has 0 atom stereocenters. The first kappa shape index (κ1) is 17.7. The summed E-state index contributed by atoms with van der Waals surface area (Å²) < 4.78 is 10.3. The summed E-state index contributed by atoms with van der Waals surface area (Å²) in [6, 6.07) is 8.31. The van der Waals surface area contributed by atoms with Gasteiger partial charge in [-0.15, -0.1) is 0 Å². The molecule has 2 aromatic rings. The highest BCUT2D eigenvalue weighted by Crippen LogP contribution is 2.29. The second-order valence-corrected chi connectivity index (χ2v) is 4.69. The van der Waals surface area contributed by atoms with Gasteiger partial charge in [-0.2, -0.15) is 5.10 Å². The maximum atomic E-state index is 11.1. The van der Waals surface area contributed by atoms with E-state index in [0.29, 0.717) is 17.1 Å². The van der Waals surface area contributed by atoms with Crippen LogP contribution >= 0.6 is 0 Å². The van der Waals surface area contributed by atoms with Crippen LogP contribution in [-0.2, 0) is 0 Å². The predicted octanol–water partition coefficient (Wildman–Crippen LogP) is 2.97. The number of nitrogens with zero attached hydrogens (tertiary/aromatic N) is 3. The molecule has 0 heterocycles. The third kappa shape index (κ3) is 4.19. The number of benzene rings is 2. The van der Waals surface area contributed by atoms with Crippen LogP contribution in [0, 0.1) is 20.2 Å². The molecule has 0 saturated heterocycles. The van der Waals surface area contributed by atoms with Crippen molar-refractivity contribution in [2.75, 3.05) is 19.6 Å². The van der Waals surface area contributed by atoms with Crippen molar-refractivity contribution in [1.82, 2.24) is 0 Å². The molecule has 1 N–H and O–H groups in total. The van der Waals surface area contributed by atoms with Crippen LogP contribution in [0.2, 0.25) is 0 Å². The van der Waals surface area contributed by atoms with E-state index >= 15 is 0 Å². The number of nitro benzene ring substituents is 2. The van der Waals surface area contributed by atoms with E-state index in [1.807, 2.05) is 0 Å². The summed E-state index contributed by atoms with van der Waals surface area (Å²) in [5.41, 5.74) is 2.28. The molecule has 0 aliphatic heterocycles. The third-order valence-corrected chi connectivity index (χ3v) is 3.21. The Morgan fingerprint density at radius 2 is 1.80 bits per heavy atom. The van der Waals surface area contributed by atoms with Gasteiger partial charge in [0.2, 0.25) is 0 Å². The molecule has 0 saturated carbocycles. The SMILES string of the molecule is COc1ccc(OC)c(C=NNc2ccc([N+](=O)[O-])cc2[N+](=O)[O-])c1. The highest BCUT2D eigenvalue weighted by molar-refractivity contribution is 5.85. The Balaban J connectivity index is 2.28. The molecule has 10 heteroatoms. The molecule has 0 aliphatic rings. The maximum absolute atomic E-state index is 11.1. The molecule has 0 fully saturated rings. The first-order chi connectivity index (χ1) is 12.0. The number of hydrazone groups is 1. The first-order valence-electron chi connectivity index (χ1n) is 6.90. The minimum absolute atomic E-state index is 0.0220. The summed E-state index contributed by atoms with van der Waals surface area (Å²) in [5, 5.41) is 25.7. The molecule has 0 spiro atoms. The van der Waals surface area contributed by atoms with E-state index in [2.05, 4.69) is 10.5 Å². The number of non-ortho nitro benzene ring substituents is 1. The number of hydrogen-bond acceptors (Lipinski definition) is 8. The quantitative estimate of drug-likeness (QED) is 0.463. The van der Waals surface area contributed by atoms with Crippen LogP contribution in [0.25, 0.3) is 0 Å². The van der Waals surface area contributed by atoms with Gasteiger partial charge in [-0.25, -0.2) is 0 Å². The van der Waals surface area contributed by atoms with E-state index in [-0.39, 0.29) is 11.4 Å². The summed E-state index contributed by atoms with van der Waals surface area (Å²) >= 11 is 0. The van der Waals surface area contributed by atoms with Gasteiger partial charge in [-0.05, 0) is 24.3 Å². The second-order valence-electron chi connectivity index (χ2n) is 4.69. The summed E-state index contributed by atoms with van der Waals surface area (Å²) in [6.45, 7) is 0. The number of anilines is 1. The van der Waals surface area contributed by atoms with E-state index < -0.39 is 15.5 Å². The Morgan fingerprint density at radius 1 is 1.04 bits per heavy atom. The molecule has 0 radical (unpaired) electrons. The lowest BCUT2D eigenvalue weighted by molar-refractivity contribution is -0.393. The largest absolute Gasteiger partial charge is 0.497 e. The summed E-state index contributed by atoms with van der Waals surface area (Å²) in [4.78, 5) is 20.4. The number of nitro groups is 2. The Bertz CT molecular complexity index is 837. The van der Waals surface area contributed by atoms with Crippen molar-refractivity contribution >= 4 is 23.3 Å². The van der Waals surface area contributed by atoms with E-state index in [9.17, 15) is 20.2 Å². The van der Waals surface area contributed by atoms with E-state index in [1.165, 1.54) is 26.5 Å². The van der Waals surface area contributed by atoms with Crippen molar-refractivity contribution in [3.8, 4) is 11.5 Å². The van der Waals surface area contributed by atoms with Crippen molar-refractivity contribution in [2.45, 2.75) is 0 Å². The molecule has 0 amide bonds. The average Bonchev–Trinajstić information content (AvgIpc) is 2.61. The Labute approximate surface area is 142 Å². The minimum atomic E-state index is -0.725. The number of hydrogen-bond donors (Lipinski definition) is 1. The van der Waals surface area contributed by atoms with Crippen molar-refractivity contribution in [3.63, 3.8) is 0 Å². The number of methoxy groups -OCH3 is 2. The van der Waals surface area contributed by atoms with Crippen molar-refractivity contribution in [2.24, 2.45) is 5.10 Å². The van der Waals surface area contributed by atoms with Gasteiger partial charge < -0.3 is 9.47 Å². The highest BCUT2D eigenvalue weighted by atomic mass is 16.6. The van der Waals surface area contributed by atoms with Crippen LogP contribution in [0.1, 0.15) is 5.56 Å². The predicted molar refractivity (Wildman–Crippen MR) is 90.5 cm³/mol. The lowest BCUT2D eigenvalue weighted by Gasteiger charge is -2.07. The van der Waals surface area contributed by atoms with E-state index in [0.717, 1.165) is 12.1 Å². The molecular formula is C15H14N4O6. The second kappa shape index (κ2) is 7.73. The fourth-order valence-electron chi connectivity index (χ4n) is 1.99. The van der Waals surface area contributed by atoms with Gasteiger partial charge in [-0.3, -0.25) is 25.7 Å². The van der Waals surface area contributed by atoms with Crippen molar-refractivity contribution < 1.29 is 19.3 Å². The third-order valence-electron chi connectivity index (χ3n) is 3.21. The molecule has 2 aromatic carbocycles. The van der Waals surface area contributed by atoms with Crippen molar-refractivity contribution in [1.29, 1.82) is 0 Å². The number of rotatable bonds is 7. The number of ether oxygens (including phenoxy) is 2. The zero-order chi connectivity index (χ0) is 18.4. The molecule has 25 heavy (non-hydrogen) atoms. The molecule has 130 valence electrons.